The van der Waals surface area contributed by atoms with E-state index in [0.717, 1.165) is 35.6 Å². The fourth-order valence-electron chi connectivity index (χ4n) is 2.88. The molecule has 0 saturated heterocycles. The van der Waals surface area contributed by atoms with E-state index in [2.05, 4.69) is 4.72 Å². The average Bonchev–Trinajstić information content (AvgIpc) is 2.75. The number of benzene rings is 3. The summed E-state index contributed by atoms with van der Waals surface area (Å²) >= 11 is 6.13. The van der Waals surface area contributed by atoms with Gasteiger partial charge in [0.2, 0.25) is 0 Å². The minimum atomic E-state index is -4.01. The quantitative estimate of drug-likeness (QED) is 0.509. The zero-order valence-electron chi connectivity index (χ0n) is 17.5. The third kappa shape index (κ3) is 5.99. The number of carbonyl (C=O) groups excluding carboxylic acids is 1. The standard InChI is InChI=1S/C23H22ClFN2O4S/c1-16-4-3-5-19(14-16)31-13-12-27(2)23(28)17-6-11-21(24)22(15-17)26-32(29,30)20-9-7-18(25)8-10-20/h3-11,14-15,26H,12-13H2,1-2H3. The van der Waals surface area contributed by atoms with E-state index in [4.69, 9.17) is 16.3 Å². The maximum atomic E-state index is 13.1. The molecule has 0 aromatic heterocycles. The maximum Gasteiger partial charge on any atom is 0.261 e. The van der Waals surface area contributed by atoms with Gasteiger partial charge in [-0.1, -0.05) is 23.7 Å². The molecular weight excluding hydrogens is 455 g/mol. The summed E-state index contributed by atoms with van der Waals surface area (Å²) in [6.07, 6.45) is 0. The van der Waals surface area contributed by atoms with Crippen molar-refractivity contribution in [2.45, 2.75) is 11.8 Å². The average molecular weight is 477 g/mol. The largest absolute Gasteiger partial charge is 0.492 e. The van der Waals surface area contributed by atoms with Crippen LogP contribution in [0.15, 0.2) is 71.6 Å². The molecule has 0 unspecified atom stereocenters. The number of rotatable bonds is 8. The van der Waals surface area contributed by atoms with Crippen molar-refractivity contribution < 1.29 is 22.3 Å². The summed E-state index contributed by atoms with van der Waals surface area (Å²) in [7, 11) is -2.39. The zero-order valence-corrected chi connectivity index (χ0v) is 19.1. The van der Waals surface area contributed by atoms with E-state index in [9.17, 15) is 17.6 Å². The Morgan fingerprint density at radius 2 is 1.81 bits per heavy atom. The Morgan fingerprint density at radius 3 is 2.50 bits per heavy atom. The third-order valence-electron chi connectivity index (χ3n) is 4.61. The van der Waals surface area contributed by atoms with Gasteiger partial charge in [0.05, 0.1) is 22.2 Å². The van der Waals surface area contributed by atoms with Gasteiger partial charge in [-0.2, -0.15) is 0 Å². The molecule has 0 fully saturated rings. The van der Waals surface area contributed by atoms with Crippen molar-refractivity contribution in [2.75, 3.05) is 24.9 Å². The van der Waals surface area contributed by atoms with Crippen molar-refractivity contribution in [3.05, 3.63) is 88.7 Å². The van der Waals surface area contributed by atoms with Gasteiger partial charge in [-0.25, -0.2) is 12.8 Å². The zero-order chi connectivity index (χ0) is 23.3. The molecule has 6 nitrogen and oxygen atoms in total. The monoisotopic (exact) mass is 476 g/mol. The first kappa shape index (κ1) is 23.6. The van der Waals surface area contributed by atoms with E-state index in [1.54, 1.807) is 7.05 Å². The van der Waals surface area contributed by atoms with E-state index in [1.807, 2.05) is 31.2 Å². The molecule has 0 atom stereocenters. The molecule has 1 amide bonds. The first-order chi connectivity index (χ1) is 15.2. The van der Waals surface area contributed by atoms with Crippen LogP contribution >= 0.6 is 11.6 Å². The highest BCUT2D eigenvalue weighted by Crippen LogP contribution is 2.26. The molecule has 0 aliphatic heterocycles. The second-order valence-electron chi connectivity index (χ2n) is 7.15. The lowest BCUT2D eigenvalue weighted by molar-refractivity contribution is 0.0774. The summed E-state index contributed by atoms with van der Waals surface area (Å²) in [6, 6.07) is 16.3. The van der Waals surface area contributed by atoms with Crippen LogP contribution < -0.4 is 9.46 Å². The smallest absolute Gasteiger partial charge is 0.261 e. The molecule has 168 valence electrons. The molecule has 0 spiro atoms. The minimum absolute atomic E-state index is 0.0475. The van der Waals surface area contributed by atoms with Crippen LogP contribution in [0.1, 0.15) is 15.9 Å². The lowest BCUT2D eigenvalue weighted by Gasteiger charge is -2.18. The van der Waals surface area contributed by atoms with Crippen LogP contribution in [0.4, 0.5) is 10.1 Å². The van der Waals surface area contributed by atoms with Crippen molar-refractivity contribution >= 4 is 33.2 Å². The number of nitrogens with zero attached hydrogens (tertiary/aromatic N) is 1. The highest BCUT2D eigenvalue weighted by Gasteiger charge is 2.19. The Hall–Kier alpha value is -3.10. The fourth-order valence-corrected chi connectivity index (χ4v) is 4.17. The number of amides is 1. The van der Waals surface area contributed by atoms with E-state index in [-0.39, 0.29) is 27.1 Å². The highest BCUT2D eigenvalue weighted by molar-refractivity contribution is 7.92. The van der Waals surface area contributed by atoms with Crippen molar-refractivity contribution in [3.8, 4) is 5.75 Å². The molecule has 32 heavy (non-hydrogen) atoms. The first-order valence-electron chi connectivity index (χ1n) is 9.68. The SMILES string of the molecule is Cc1cccc(OCCN(C)C(=O)c2ccc(Cl)c(NS(=O)(=O)c3ccc(F)cc3)c2)c1. The van der Waals surface area contributed by atoms with Crippen LogP contribution in [0.5, 0.6) is 5.75 Å². The number of nitrogens with one attached hydrogen (secondary N) is 1. The van der Waals surface area contributed by atoms with Crippen molar-refractivity contribution in [3.63, 3.8) is 0 Å². The lowest BCUT2D eigenvalue weighted by Crippen LogP contribution is -2.31. The van der Waals surface area contributed by atoms with E-state index >= 15 is 0 Å². The molecule has 0 aliphatic carbocycles. The van der Waals surface area contributed by atoms with Gasteiger partial charge in [0.25, 0.3) is 15.9 Å². The number of hydrogen-bond donors (Lipinski definition) is 1. The normalized spacial score (nSPS) is 11.1. The number of carbonyl (C=O) groups is 1. The van der Waals surface area contributed by atoms with E-state index < -0.39 is 15.8 Å². The molecule has 3 aromatic rings. The Balaban J connectivity index is 1.68. The van der Waals surface area contributed by atoms with Crippen molar-refractivity contribution in [1.82, 2.24) is 4.90 Å². The summed E-state index contributed by atoms with van der Waals surface area (Å²) in [5.74, 6) is -0.157. The second kappa shape index (κ2) is 10.0. The Labute approximate surface area is 191 Å². The van der Waals surface area contributed by atoms with Gasteiger partial charge in [0.1, 0.15) is 18.2 Å². The van der Waals surface area contributed by atoms with Gasteiger partial charge in [0, 0.05) is 12.6 Å². The maximum absolute atomic E-state index is 13.1. The van der Waals surface area contributed by atoms with E-state index in [0.29, 0.717) is 13.2 Å². The molecule has 3 aromatic carbocycles. The van der Waals surface area contributed by atoms with Crippen LogP contribution in [0, 0.1) is 12.7 Å². The van der Waals surface area contributed by atoms with Gasteiger partial charge in [0.15, 0.2) is 0 Å². The minimum Gasteiger partial charge on any atom is -0.492 e. The molecule has 0 radical (unpaired) electrons. The Bertz CT molecular complexity index is 1220. The number of sulfonamides is 1. The molecule has 0 saturated carbocycles. The van der Waals surface area contributed by atoms with Gasteiger partial charge < -0.3 is 9.64 Å². The highest BCUT2D eigenvalue weighted by atomic mass is 35.5. The number of halogens is 2. The van der Waals surface area contributed by atoms with Gasteiger partial charge >= 0.3 is 0 Å². The number of anilines is 1. The van der Waals surface area contributed by atoms with Gasteiger partial charge in [-0.15, -0.1) is 0 Å². The molecular formula is C23H22ClFN2O4S. The number of ether oxygens (including phenoxy) is 1. The first-order valence-corrected chi connectivity index (χ1v) is 11.5. The van der Waals surface area contributed by atoms with Crippen LogP contribution in [0.25, 0.3) is 0 Å². The van der Waals surface area contributed by atoms with Gasteiger partial charge in [-0.05, 0) is 67.1 Å². The lowest BCUT2D eigenvalue weighted by atomic mass is 10.2. The molecule has 0 heterocycles. The van der Waals surface area contributed by atoms with Crippen LogP contribution in [0.3, 0.4) is 0 Å². The predicted octanol–water partition coefficient (Wildman–Crippen LogP) is 4.74. The third-order valence-corrected chi connectivity index (χ3v) is 6.32. The van der Waals surface area contributed by atoms with Crippen LogP contribution in [-0.2, 0) is 10.0 Å². The number of likely N-dealkylation sites (N-methyl/N-ethyl adjacent to an activating group) is 1. The molecule has 0 aliphatic rings. The Morgan fingerprint density at radius 1 is 1.09 bits per heavy atom. The number of aryl methyl sites for hydroxylation is 1. The molecule has 0 bridgehead atoms. The van der Waals surface area contributed by atoms with Crippen molar-refractivity contribution in [2.24, 2.45) is 0 Å². The Kier molecular flexibility index (Phi) is 7.37. The summed E-state index contributed by atoms with van der Waals surface area (Å²) in [6.45, 7) is 2.58. The second-order valence-corrected chi connectivity index (χ2v) is 9.24. The van der Waals surface area contributed by atoms with Crippen LogP contribution in [0.2, 0.25) is 5.02 Å². The molecule has 9 heteroatoms. The van der Waals surface area contributed by atoms with Crippen molar-refractivity contribution in [1.29, 1.82) is 0 Å². The van der Waals surface area contributed by atoms with Gasteiger partial charge in [-0.3, -0.25) is 9.52 Å². The number of hydrogen-bond acceptors (Lipinski definition) is 4. The topological polar surface area (TPSA) is 75.7 Å². The summed E-state index contributed by atoms with van der Waals surface area (Å²) in [4.78, 5) is 14.1. The molecule has 1 N–H and O–H groups in total. The molecule has 3 rings (SSSR count). The van der Waals surface area contributed by atoms with Crippen LogP contribution in [-0.4, -0.2) is 39.4 Å². The fraction of sp³-hybridized carbons (Fsp3) is 0.174. The predicted molar refractivity (Wildman–Crippen MR) is 122 cm³/mol. The summed E-state index contributed by atoms with van der Waals surface area (Å²) in [5.41, 5.74) is 1.37. The summed E-state index contributed by atoms with van der Waals surface area (Å²) < 4.78 is 46.3. The summed E-state index contributed by atoms with van der Waals surface area (Å²) in [5, 5.41) is 0.123. The van der Waals surface area contributed by atoms with E-state index in [1.165, 1.54) is 23.1 Å².